The van der Waals surface area contributed by atoms with E-state index in [0.717, 1.165) is 11.0 Å². The van der Waals surface area contributed by atoms with Crippen molar-refractivity contribution in [2.75, 3.05) is 7.11 Å². The Balaban J connectivity index is 2.00. The Labute approximate surface area is 151 Å². The SMILES string of the molecule is COC(=O)[C@@H](NCc1ccc(B2OC(C)(C)C(C)(C)O2)cc1)C(C)C. The van der Waals surface area contributed by atoms with Crippen LogP contribution in [0, 0.1) is 5.92 Å². The van der Waals surface area contributed by atoms with Crippen LogP contribution in [0.25, 0.3) is 0 Å². The van der Waals surface area contributed by atoms with Gasteiger partial charge in [0, 0.05) is 6.54 Å². The lowest BCUT2D eigenvalue weighted by Crippen LogP contribution is -2.41. The molecule has 1 heterocycles. The van der Waals surface area contributed by atoms with Gasteiger partial charge in [-0.15, -0.1) is 0 Å². The van der Waals surface area contributed by atoms with Gasteiger partial charge in [0.1, 0.15) is 6.04 Å². The smallest absolute Gasteiger partial charge is 0.468 e. The minimum Gasteiger partial charge on any atom is -0.468 e. The average molecular weight is 347 g/mol. The number of hydrogen-bond donors (Lipinski definition) is 1. The van der Waals surface area contributed by atoms with E-state index in [1.54, 1.807) is 0 Å². The summed E-state index contributed by atoms with van der Waals surface area (Å²) in [5.74, 6) is -0.0692. The number of hydrogen-bond acceptors (Lipinski definition) is 5. The van der Waals surface area contributed by atoms with Crippen molar-refractivity contribution in [2.45, 2.75) is 65.3 Å². The van der Waals surface area contributed by atoms with Crippen LogP contribution in [0.15, 0.2) is 24.3 Å². The Morgan fingerprint density at radius 3 is 2.08 bits per heavy atom. The van der Waals surface area contributed by atoms with Crippen LogP contribution in [-0.4, -0.2) is 37.4 Å². The lowest BCUT2D eigenvalue weighted by molar-refractivity contribution is -0.144. The van der Waals surface area contributed by atoms with Gasteiger partial charge in [-0.2, -0.15) is 0 Å². The van der Waals surface area contributed by atoms with E-state index in [-0.39, 0.29) is 36.2 Å². The maximum absolute atomic E-state index is 11.8. The largest absolute Gasteiger partial charge is 0.494 e. The maximum atomic E-state index is 11.8. The van der Waals surface area contributed by atoms with Crippen LogP contribution in [0.4, 0.5) is 0 Å². The third-order valence-corrected chi connectivity index (χ3v) is 5.15. The number of methoxy groups -OCH3 is 1. The first-order chi connectivity index (χ1) is 11.6. The zero-order valence-corrected chi connectivity index (χ0v) is 16.4. The first-order valence-corrected chi connectivity index (χ1v) is 8.83. The summed E-state index contributed by atoms with van der Waals surface area (Å²) >= 11 is 0. The van der Waals surface area contributed by atoms with Gasteiger partial charge >= 0.3 is 13.1 Å². The van der Waals surface area contributed by atoms with Crippen molar-refractivity contribution in [3.63, 3.8) is 0 Å². The highest BCUT2D eigenvalue weighted by atomic mass is 16.7. The molecule has 25 heavy (non-hydrogen) atoms. The van der Waals surface area contributed by atoms with Gasteiger partial charge in [0.25, 0.3) is 0 Å². The fourth-order valence-electron chi connectivity index (χ4n) is 2.72. The molecule has 2 rings (SSSR count). The molecule has 1 aliphatic heterocycles. The number of carbonyl (C=O) groups is 1. The van der Waals surface area contributed by atoms with Crippen LogP contribution in [0.5, 0.6) is 0 Å². The van der Waals surface area contributed by atoms with Gasteiger partial charge in [0.2, 0.25) is 0 Å². The topological polar surface area (TPSA) is 56.8 Å². The predicted molar refractivity (Wildman–Crippen MR) is 99.6 cm³/mol. The second kappa shape index (κ2) is 7.48. The standard InChI is InChI=1S/C19H30BNO4/c1-13(2)16(17(22)23-7)21-12-14-8-10-15(11-9-14)20-24-18(3,4)19(5,6)25-20/h8-11,13,16,21H,12H2,1-7H3/t16-/m0/s1. The maximum Gasteiger partial charge on any atom is 0.494 e. The van der Waals surface area contributed by atoms with Gasteiger partial charge in [-0.3, -0.25) is 4.79 Å². The zero-order valence-electron chi connectivity index (χ0n) is 16.4. The lowest BCUT2D eigenvalue weighted by atomic mass is 9.79. The number of rotatable bonds is 6. The third-order valence-electron chi connectivity index (χ3n) is 5.15. The van der Waals surface area contributed by atoms with Crippen LogP contribution in [0.1, 0.15) is 47.1 Å². The van der Waals surface area contributed by atoms with Gasteiger partial charge in [-0.25, -0.2) is 0 Å². The summed E-state index contributed by atoms with van der Waals surface area (Å²) in [4.78, 5) is 11.8. The van der Waals surface area contributed by atoms with Crippen LogP contribution in [0.2, 0.25) is 0 Å². The summed E-state index contributed by atoms with van der Waals surface area (Å²) < 4.78 is 17.0. The number of ether oxygens (including phenoxy) is 1. The number of benzene rings is 1. The molecule has 1 fully saturated rings. The minimum atomic E-state index is -0.356. The quantitative estimate of drug-likeness (QED) is 0.632. The van der Waals surface area contributed by atoms with E-state index in [2.05, 4.69) is 5.32 Å². The number of carbonyl (C=O) groups excluding carboxylic acids is 1. The molecule has 1 N–H and O–H groups in total. The molecule has 1 aromatic rings. The molecular formula is C19H30BNO4. The molecule has 0 spiro atoms. The van der Waals surface area contributed by atoms with Crippen LogP contribution in [-0.2, 0) is 25.4 Å². The predicted octanol–water partition coefficient (Wildman–Crippen LogP) is 2.27. The Hall–Kier alpha value is -1.37. The Morgan fingerprint density at radius 1 is 1.12 bits per heavy atom. The van der Waals surface area contributed by atoms with E-state index in [0.29, 0.717) is 6.54 Å². The Kier molecular flexibility index (Phi) is 5.97. The first kappa shape index (κ1) is 20.0. The molecule has 0 amide bonds. The number of nitrogens with one attached hydrogen (secondary N) is 1. The molecule has 1 saturated heterocycles. The van der Waals surface area contributed by atoms with E-state index in [1.807, 2.05) is 65.8 Å². The highest BCUT2D eigenvalue weighted by molar-refractivity contribution is 6.62. The fraction of sp³-hybridized carbons (Fsp3) is 0.632. The van der Waals surface area contributed by atoms with E-state index < -0.39 is 0 Å². The van der Waals surface area contributed by atoms with Crippen molar-refractivity contribution in [1.29, 1.82) is 0 Å². The van der Waals surface area contributed by atoms with Crippen LogP contribution < -0.4 is 10.8 Å². The Bertz CT molecular complexity index is 582. The van der Waals surface area contributed by atoms with E-state index >= 15 is 0 Å². The molecule has 1 atom stereocenters. The minimum absolute atomic E-state index is 0.163. The fourth-order valence-corrected chi connectivity index (χ4v) is 2.72. The average Bonchev–Trinajstić information content (AvgIpc) is 2.75. The summed E-state index contributed by atoms with van der Waals surface area (Å²) in [5, 5.41) is 3.26. The summed E-state index contributed by atoms with van der Waals surface area (Å²) in [5.41, 5.74) is 1.40. The molecule has 0 unspecified atom stereocenters. The zero-order chi connectivity index (χ0) is 18.8. The van der Waals surface area contributed by atoms with Gasteiger partial charge < -0.3 is 19.4 Å². The van der Waals surface area contributed by atoms with Gasteiger partial charge in [0.05, 0.1) is 18.3 Å². The summed E-state index contributed by atoms with van der Waals surface area (Å²) in [6, 6.07) is 7.78. The van der Waals surface area contributed by atoms with Crippen molar-refractivity contribution < 1.29 is 18.8 Å². The summed E-state index contributed by atoms with van der Waals surface area (Å²) in [7, 11) is 1.06. The van der Waals surface area contributed by atoms with Crippen LogP contribution in [0.3, 0.4) is 0 Å². The van der Waals surface area contributed by atoms with Gasteiger partial charge in [0.15, 0.2) is 0 Å². The lowest BCUT2D eigenvalue weighted by Gasteiger charge is -2.32. The first-order valence-electron chi connectivity index (χ1n) is 8.83. The summed E-state index contributed by atoms with van der Waals surface area (Å²) in [6.45, 7) is 12.8. The van der Waals surface area contributed by atoms with Gasteiger partial charge in [-0.05, 0) is 44.6 Å². The van der Waals surface area contributed by atoms with Crippen molar-refractivity contribution in [2.24, 2.45) is 5.92 Å². The monoisotopic (exact) mass is 347 g/mol. The molecular weight excluding hydrogens is 317 g/mol. The second-order valence-electron chi connectivity index (χ2n) is 7.96. The molecule has 0 radical (unpaired) electrons. The van der Waals surface area contributed by atoms with Crippen molar-refractivity contribution in [1.82, 2.24) is 5.32 Å². The van der Waals surface area contributed by atoms with Crippen molar-refractivity contribution in [3.05, 3.63) is 29.8 Å². The molecule has 1 aromatic carbocycles. The van der Waals surface area contributed by atoms with Crippen molar-refractivity contribution in [3.8, 4) is 0 Å². The third kappa shape index (κ3) is 4.43. The second-order valence-corrected chi connectivity index (χ2v) is 7.96. The van der Waals surface area contributed by atoms with E-state index in [9.17, 15) is 4.79 Å². The molecule has 0 aliphatic carbocycles. The molecule has 6 heteroatoms. The highest BCUT2D eigenvalue weighted by Crippen LogP contribution is 2.36. The Morgan fingerprint density at radius 2 is 1.64 bits per heavy atom. The van der Waals surface area contributed by atoms with Gasteiger partial charge in [-0.1, -0.05) is 38.1 Å². The number of esters is 1. The van der Waals surface area contributed by atoms with Crippen molar-refractivity contribution >= 4 is 18.6 Å². The van der Waals surface area contributed by atoms with Crippen LogP contribution >= 0.6 is 0 Å². The van der Waals surface area contributed by atoms with E-state index in [4.69, 9.17) is 14.0 Å². The molecule has 5 nitrogen and oxygen atoms in total. The molecule has 1 aliphatic rings. The molecule has 0 aromatic heterocycles. The molecule has 0 saturated carbocycles. The van der Waals surface area contributed by atoms with E-state index in [1.165, 1.54) is 7.11 Å². The molecule has 138 valence electrons. The summed E-state index contributed by atoms with van der Waals surface area (Å²) in [6.07, 6.45) is 0. The normalized spacial score (nSPS) is 19.9. The highest BCUT2D eigenvalue weighted by Gasteiger charge is 2.51. The molecule has 0 bridgehead atoms.